The van der Waals surface area contributed by atoms with Gasteiger partial charge in [0.15, 0.2) is 10.0 Å². The Bertz CT molecular complexity index is 651. The van der Waals surface area contributed by atoms with Crippen molar-refractivity contribution >= 4 is 34.1 Å². The molecule has 0 aliphatic carbocycles. The quantitative estimate of drug-likeness (QED) is 0.631. The Hall–Kier alpha value is -1.45. The molecule has 3 heterocycles. The van der Waals surface area contributed by atoms with Crippen molar-refractivity contribution in [3.63, 3.8) is 0 Å². The third-order valence-electron chi connectivity index (χ3n) is 3.57. The van der Waals surface area contributed by atoms with E-state index >= 15 is 0 Å². The van der Waals surface area contributed by atoms with Gasteiger partial charge in [0.1, 0.15) is 5.76 Å². The predicted molar refractivity (Wildman–Crippen MR) is 90.1 cm³/mol. The zero-order chi connectivity index (χ0) is 16.1. The highest BCUT2D eigenvalue weighted by Crippen LogP contribution is 2.26. The van der Waals surface area contributed by atoms with E-state index in [4.69, 9.17) is 4.52 Å². The zero-order valence-corrected chi connectivity index (χ0v) is 14.6. The highest BCUT2D eigenvalue weighted by Gasteiger charge is 2.14. The van der Waals surface area contributed by atoms with Crippen LogP contribution in [0.3, 0.4) is 0 Å². The van der Waals surface area contributed by atoms with E-state index in [1.165, 1.54) is 43.7 Å². The summed E-state index contributed by atoms with van der Waals surface area (Å²) in [5.74, 6) is 1.26. The van der Waals surface area contributed by atoms with Crippen LogP contribution in [-0.2, 0) is 0 Å². The highest BCUT2D eigenvalue weighted by molar-refractivity contribution is 8.01. The number of thioether (sulfide) groups is 1. The maximum absolute atomic E-state index is 11.9. The van der Waals surface area contributed by atoms with Gasteiger partial charge in [-0.05, 0) is 32.9 Å². The Morgan fingerprint density at radius 2 is 2.22 bits per heavy atom. The minimum absolute atomic E-state index is 0.247. The van der Waals surface area contributed by atoms with E-state index in [2.05, 4.69) is 25.6 Å². The molecule has 2 aromatic heterocycles. The fourth-order valence-corrected chi connectivity index (χ4v) is 4.22. The molecule has 1 saturated heterocycles. The summed E-state index contributed by atoms with van der Waals surface area (Å²) in [7, 11) is 0. The first-order valence-electron chi connectivity index (χ1n) is 7.64. The van der Waals surface area contributed by atoms with Crippen molar-refractivity contribution in [3.05, 3.63) is 17.5 Å². The van der Waals surface area contributed by atoms with Gasteiger partial charge in [-0.15, -0.1) is 10.2 Å². The van der Waals surface area contributed by atoms with E-state index in [9.17, 15) is 4.79 Å². The molecule has 7 nitrogen and oxygen atoms in total. The molecule has 0 bridgehead atoms. The molecule has 124 valence electrons. The summed E-state index contributed by atoms with van der Waals surface area (Å²) < 4.78 is 5.76. The van der Waals surface area contributed by atoms with E-state index in [0.717, 1.165) is 16.6 Å². The van der Waals surface area contributed by atoms with Crippen LogP contribution in [0.5, 0.6) is 0 Å². The van der Waals surface area contributed by atoms with Crippen LogP contribution in [-0.4, -0.2) is 51.5 Å². The number of amides is 1. The van der Waals surface area contributed by atoms with Crippen LogP contribution in [0.4, 0.5) is 5.13 Å². The number of aromatic nitrogens is 3. The minimum Gasteiger partial charge on any atom is -0.361 e. The van der Waals surface area contributed by atoms with Crippen molar-refractivity contribution < 1.29 is 9.32 Å². The van der Waals surface area contributed by atoms with Crippen molar-refractivity contribution in [1.82, 2.24) is 20.3 Å². The smallest absolute Gasteiger partial charge is 0.279 e. The van der Waals surface area contributed by atoms with Crippen LogP contribution in [0, 0.1) is 6.92 Å². The number of nitrogens with zero attached hydrogens (tertiary/aromatic N) is 4. The average molecular weight is 353 g/mol. The molecule has 1 fully saturated rings. The molecule has 0 unspecified atom stereocenters. The molecule has 1 amide bonds. The van der Waals surface area contributed by atoms with Gasteiger partial charge >= 0.3 is 0 Å². The largest absolute Gasteiger partial charge is 0.361 e. The van der Waals surface area contributed by atoms with Crippen LogP contribution in [0.25, 0.3) is 0 Å². The zero-order valence-electron chi connectivity index (χ0n) is 12.9. The Balaban J connectivity index is 1.45. The van der Waals surface area contributed by atoms with Gasteiger partial charge in [-0.3, -0.25) is 10.1 Å². The van der Waals surface area contributed by atoms with Gasteiger partial charge < -0.3 is 9.42 Å². The second kappa shape index (κ2) is 7.89. The number of aryl methyl sites for hydroxylation is 1. The normalized spacial score (nSPS) is 15.7. The number of hydrogen-bond acceptors (Lipinski definition) is 8. The topological polar surface area (TPSA) is 84.2 Å². The molecule has 0 spiro atoms. The molecule has 3 rings (SSSR count). The number of likely N-dealkylation sites (tertiary alicyclic amines) is 1. The summed E-state index contributed by atoms with van der Waals surface area (Å²) in [5.41, 5.74) is 0.247. The van der Waals surface area contributed by atoms with Crippen LogP contribution in [0.1, 0.15) is 35.5 Å². The van der Waals surface area contributed by atoms with Gasteiger partial charge in [0.25, 0.3) is 5.91 Å². The van der Waals surface area contributed by atoms with E-state index in [1.54, 1.807) is 24.8 Å². The number of carbonyl (C=O) groups is 1. The summed E-state index contributed by atoms with van der Waals surface area (Å²) in [4.78, 5) is 14.4. The maximum atomic E-state index is 11.9. The van der Waals surface area contributed by atoms with Crippen LogP contribution in [0.2, 0.25) is 0 Å². The molecule has 1 aliphatic rings. The first-order valence-corrected chi connectivity index (χ1v) is 9.44. The summed E-state index contributed by atoms with van der Waals surface area (Å²) in [6, 6.07) is 1.59. The molecule has 0 aromatic carbocycles. The molecular weight excluding hydrogens is 334 g/mol. The summed E-state index contributed by atoms with van der Waals surface area (Å²) in [6.45, 7) is 5.22. The van der Waals surface area contributed by atoms with Gasteiger partial charge in [0.05, 0.1) is 0 Å². The van der Waals surface area contributed by atoms with Crippen LogP contribution in [0.15, 0.2) is 14.9 Å². The van der Waals surface area contributed by atoms with Crippen molar-refractivity contribution in [2.45, 2.75) is 30.5 Å². The average Bonchev–Trinajstić information content (AvgIpc) is 3.18. The fraction of sp³-hybridized carbons (Fsp3) is 0.571. The number of carbonyl (C=O) groups excluding carboxylic acids is 1. The number of nitrogens with one attached hydrogen (secondary N) is 1. The Morgan fingerprint density at radius 3 is 2.96 bits per heavy atom. The Morgan fingerprint density at radius 1 is 1.39 bits per heavy atom. The predicted octanol–water partition coefficient (Wildman–Crippen LogP) is 2.66. The molecule has 0 saturated carbocycles. The molecular formula is C14H19N5O2S2. The number of rotatable bonds is 6. The molecule has 9 heteroatoms. The number of anilines is 1. The third kappa shape index (κ3) is 4.76. The van der Waals surface area contributed by atoms with Crippen LogP contribution < -0.4 is 5.32 Å². The van der Waals surface area contributed by atoms with Crippen molar-refractivity contribution in [3.8, 4) is 0 Å². The number of piperidine rings is 1. The van der Waals surface area contributed by atoms with E-state index < -0.39 is 0 Å². The number of hydrogen-bond donors (Lipinski definition) is 1. The first-order chi connectivity index (χ1) is 11.2. The lowest BCUT2D eigenvalue weighted by atomic mass is 10.1. The second-order valence-electron chi connectivity index (χ2n) is 5.40. The van der Waals surface area contributed by atoms with Gasteiger partial charge in [-0.25, -0.2) is 0 Å². The molecule has 0 radical (unpaired) electrons. The Labute approximate surface area is 142 Å². The summed E-state index contributed by atoms with van der Waals surface area (Å²) >= 11 is 3.06. The second-order valence-corrected chi connectivity index (χ2v) is 7.72. The van der Waals surface area contributed by atoms with Crippen molar-refractivity contribution in [1.29, 1.82) is 0 Å². The van der Waals surface area contributed by atoms with Gasteiger partial charge in [0.2, 0.25) is 5.13 Å². The summed E-state index contributed by atoms with van der Waals surface area (Å²) in [5, 5.41) is 15.0. The fourth-order valence-electron chi connectivity index (χ4n) is 2.40. The molecule has 0 atom stereocenters. The molecule has 23 heavy (non-hydrogen) atoms. The van der Waals surface area contributed by atoms with Crippen molar-refractivity contribution in [2.24, 2.45) is 0 Å². The molecule has 2 aromatic rings. The lowest BCUT2D eigenvalue weighted by Crippen LogP contribution is -2.31. The highest BCUT2D eigenvalue weighted by atomic mass is 32.2. The van der Waals surface area contributed by atoms with Gasteiger partial charge in [0, 0.05) is 18.4 Å². The molecule has 1 N–H and O–H groups in total. The monoisotopic (exact) mass is 353 g/mol. The standard InChI is InChI=1S/C14H19N5O2S2/c1-10-9-11(18-21-10)12(20)15-13-16-17-14(23-13)22-8-7-19-5-3-2-4-6-19/h9H,2-8H2,1H3,(H,15,16,20). The third-order valence-corrected chi connectivity index (χ3v) is 5.52. The van der Waals surface area contributed by atoms with E-state index in [0.29, 0.717) is 10.9 Å². The van der Waals surface area contributed by atoms with E-state index in [-0.39, 0.29) is 11.6 Å². The van der Waals surface area contributed by atoms with E-state index in [1.807, 2.05) is 0 Å². The van der Waals surface area contributed by atoms with Gasteiger partial charge in [-0.2, -0.15) is 0 Å². The van der Waals surface area contributed by atoms with Crippen molar-refractivity contribution in [2.75, 3.05) is 30.7 Å². The SMILES string of the molecule is Cc1cc(C(=O)Nc2nnc(SCCN3CCCCC3)s2)no1. The van der Waals surface area contributed by atoms with Crippen LogP contribution >= 0.6 is 23.1 Å². The summed E-state index contributed by atoms with van der Waals surface area (Å²) in [6.07, 6.45) is 3.97. The Kier molecular flexibility index (Phi) is 5.63. The maximum Gasteiger partial charge on any atom is 0.279 e. The molecule has 1 aliphatic heterocycles. The first kappa shape index (κ1) is 16.4. The minimum atomic E-state index is -0.331. The lowest BCUT2D eigenvalue weighted by molar-refractivity contribution is 0.101. The lowest BCUT2D eigenvalue weighted by Gasteiger charge is -2.25. The van der Waals surface area contributed by atoms with Gasteiger partial charge in [-0.1, -0.05) is 34.7 Å².